The Labute approximate surface area is 124 Å². The van der Waals surface area contributed by atoms with E-state index in [0.717, 1.165) is 11.4 Å². The van der Waals surface area contributed by atoms with E-state index in [2.05, 4.69) is 25.6 Å². The highest BCUT2D eigenvalue weighted by Crippen LogP contribution is 2.12. The van der Waals surface area contributed by atoms with Gasteiger partial charge in [0.15, 0.2) is 16.6 Å². The predicted octanol–water partition coefficient (Wildman–Crippen LogP) is 1.99. The van der Waals surface area contributed by atoms with Gasteiger partial charge in [-0.05, 0) is 32.0 Å². The summed E-state index contributed by atoms with van der Waals surface area (Å²) < 4.78 is 1.69. The second-order valence-electron chi connectivity index (χ2n) is 4.41. The quantitative estimate of drug-likeness (QED) is 0.799. The van der Waals surface area contributed by atoms with E-state index in [0.29, 0.717) is 10.9 Å². The Morgan fingerprint density at radius 2 is 2.14 bits per heavy atom. The van der Waals surface area contributed by atoms with Crippen molar-refractivity contribution in [2.45, 2.75) is 13.8 Å². The van der Waals surface area contributed by atoms with Crippen molar-refractivity contribution in [3.8, 4) is 5.82 Å². The molecule has 3 aromatic rings. The van der Waals surface area contributed by atoms with Gasteiger partial charge in [-0.3, -0.25) is 10.1 Å². The summed E-state index contributed by atoms with van der Waals surface area (Å²) in [5.41, 5.74) is 2.09. The van der Waals surface area contributed by atoms with Crippen LogP contribution in [0.4, 0.5) is 5.13 Å². The minimum Gasteiger partial charge on any atom is -0.296 e. The molecule has 0 bridgehead atoms. The third-order valence-electron chi connectivity index (χ3n) is 2.76. The maximum absolute atomic E-state index is 12.0. The lowest BCUT2D eigenvalue weighted by Crippen LogP contribution is -2.15. The van der Waals surface area contributed by atoms with Crippen LogP contribution in [0.25, 0.3) is 5.82 Å². The van der Waals surface area contributed by atoms with E-state index in [1.807, 2.05) is 19.9 Å². The molecule has 0 aromatic carbocycles. The first kappa shape index (κ1) is 13.4. The van der Waals surface area contributed by atoms with Crippen molar-refractivity contribution in [3.63, 3.8) is 0 Å². The summed E-state index contributed by atoms with van der Waals surface area (Å²) in [5.74, 6) is 0.240. The van der Waals surface area contributed by atoms with Crippen LogP contribution in [0, 0.1) is 13.8 Å². The molecule has 106 valence electrons. The van der Waals surface area contributed by atoms with Crippen LogP contribution in [-0.2, 0) is 0 Å². The fourth-order valence-electron chi connectivity index (χ4n) is 1.87. The molecule has 7 nitrogen and oxygen atoms in total. The summed E-state index contributed by atoms with van der Waals surface area (Å²) in [6.07, 6.45) is 1.62. The zero-order chi connectivity index (χ0) is 14.8. The van der Waals surface area contributed by atoms with Gasteiger partial charge in [0, 0.05) is 17.3 Å². The Kier molecular flexibility index (Phi) is 3.44. The van der Waals surface area contributed by atoms with Crippen molar-refractivity contribution in [3.05, 3.63) is 46.9 Å². The van der Waals surface area contributed by atoms with Crippen LogP contribution in [0.5, 0.6) is 0 Å². The molecule has 21 heavy (non-hydrogen) atoms. The van der Waals surface area contributed by atoms with Crippen LogP contribution in [0.1, 0.15) is 21.9 Å². The van der Waals surface area contributed by atoms with Crippen molar-refractivity contribution in [1.82, 2.24) is 25.0 Å². The van der Waals surface area contributed by atoms with Gasteiger partial charge in [0.05, 0.1) is 5.69 Å². The molecule has 0 radical (unpaired) electrons. The van der Waals surface area contributed by atoms with Gasteiger partial charge in [0.1, 0.15) is 0 Å². The van der Waals surface area contributed by atoms with Gasteiger partial charge in [0.25, 0.3) is 5.91 Å². The Bertz CT molecular complexity index is 763. The first-order valence-corrected chi connectivity index (χ1v) is 7.09. The van der Waals surface area contributed by atoms with Crippen LogP contribution in [-0.4, -0.2) is 30.9 Å². The molecule has 3 rings (SSSR count). The fourth-order valence-corrected chi connectivity index (χ4v) is 2.39. The highest BCUT2D eigenvalue weighted by atomic mass is 32.1. The van der Waals surface area contributed by atoms with E-state index in [9.17, 15) is 4.79 Å². The molecular weight excluding hydrogens is 288 g/mol. The van der Waals surface area contributed by atoms with Crippen LogP contribution in [0.15, 0.2) is 29.8 Å². The topological polar surface area (TPSA) is 85.6 Å². The summed E-state index contributed by atoms with van der Waals surface area (Å²) in [4.78, 5) is 15.9. The first-order chi connectivity index (χ1) is 10.1. The number of aromatic nitrogens is 5. The normalized spacial score (nSPS) is 10.6. The smallest absolute Gasteiger partial charge is 0.277 e. The number of aryl methyl sites for hydroxylation is 2. The Morgan fingerprint density at radius 3 is 2.71 bits per heavy atom. The van der Waals surface area contributed by atoms with Gasteiger partial charge < -0.3 is 0 Å². The second-order valence-corrected chi connectivity index (χ2v) is 5.30. The molecule has 0 aliphatic carbocycles. The van der Waals surface area contributed by atoms with Crippen LogP contribution >= 0.6 is 11.3 Å². The molecule has 3 heterocycles. The number of anilines is 1. The van der Waals surface area contributed by atoms with Crippen LogP contribution in [0.3, 0.4) is 0 Å². The molecule has 3 aromatic heterocycles. The Morgan fingerprint density at radius 1 is 1.29 bits per heavy atom. The van der Waals surface area contributed by atoms with Crippen molar-refractivity contribution in [1.29, 1.82) is 0 Å². The van der Waals surface area contributed by atoms with Crippen molar-refractivity contribution in [2.75, 3.05) is 5.32 Å². The van der Waals surface area contributed by atoms with Crippen LogP contribution in [0.2, 0.25) is 0 Å². The third kappa shape index (κ3) is 2.79. The summed E-state index contributed by atoms with van der Waals surface area (Å²) in [5, 5.41) is 17.3. The van der Waals surface area contributed by atoms with Crippen molar-refractivity contribution in [2.24, 2.45) is 0 Å². The molecule has 0 saturated carbocycles. The minimum atomic E-state index is -0.336. The largest absolute Gasteiger partial charge is 0.296 e. The lowest BCUT2D eigenvalue weighted by atomic mass is 10.3. The minimum absolute atomic E-state index is 0.232. The number of nitrogens with one attached hydrogen (secondary N) is 1. The Balaban J connectivity index is 1.81. The lowest BCUT2D eigenvalue weighted by molar-refractivity contribution is 0.102. The molecular formula is C13H12N6OS. The monoisotopic (exact) mass is 300 g/mol. The number of hydrogen-bond acceptors (Lipinski definition) is 6. The van der Waals surface area contributed by atoms with Gasteiger partial charge in [0.2, 0.25) is 0 Å². The molecule has 0 fully saturated rings. The SMILES string of the molecule is Cc1cc(C)n(-c2ccc(C(=O)Nc3nccs3)nn2)n1. The average Bonchev–Trinajstić information content (AvgIpc) is 3.08. The number of amides is 1. The van der Waals surface area contributed by atoms with E-state index in [1.54, 1.807) is 28.4 Å². The molecule has 0 saturated heterocycles. The number of nitrogens with zero attached hydrogens (tertiary/aromatic N) is 5. The summed E-state index contributed by atoms with van der Waals surface area (Å²) in [7, 11) is 0. The molecule has 8 heteroatoms. The van der Waals surface area contributed by atoms with Crippen molar-refractivity contribution < 1.29 is 4.79 Å². The van der Waals surface area contributed by atoms with Gasteiger partial charge in [-0.15, -0.1) is 21.5 Å². The standard InChI is InChI=1S/C13H12N6OS/c1-8-7-9(2)19(18-8)11-4-3-10(16-17-11)12(20)15-13-14-5-6-21-13/h3-7H,1-2H3,(H,14,15,20). The first-order valence-electron chi connectivity index (χ1n) is 6.22. The molecule has 1 N–H and O–H groups in total. The van der Waals surface area contributed by atoms with Gasteiger partial charge in [-0.25, -0.2) is 9.67 Å². The van der Waals surface area contributed by atoms with Gasteiger partial charge in [-0.1, -0.05) is 0 Å². The van der Waals surface area contributed by atoms with E-state index in [1.165, 1.54) is 11.3 Å². The predicted molar refractivity (Wildman–Crippen MR) is 78.7 cm³/mol. The lowest BCUT2D eigenvalue weighted by Gasteiger charge is -2.04. The molecule has 0 aliphatic heterocycles. The van der Waals surface area contributed by atoms with Crippen LogP contribution < -0.4 is 5.32 Å². The maximum Gasteiger partial charge on any atom is 0.277 e. The average molecular weight is 300 g/mol. The zero-order valence-electron chi connectivity index (χ0n) is 11.4. The van der Waals surface area contributed by atoms with E-state index in [4.69, 9.17) is 0 Å². The molecule has 0 spiro atoms. The number of carbonyl (C=O) groups excluding carboxylic acids is 1. The number of carbonyl (C=O) groups is 1. The van der Waals surface area contributed by atoms with E-state index >= 15 is 0 Å². The maximum atomic E-state index is 12.0. The summed E-state index contributed by atoms with van der Waals surface area (Å²) in [6.45, 7) is 3.84. The Hall–Kier alpha value is -2.61. The third-order valence-corrected chi connectivity index (χ3v) is 3.45. The molecule has 0 unspecified atom stereocenters. The summed E-state index contributed by atoms with van der Waals surface area (Å²) in [6, 6.07) is 5.27. The highest BCUT2D eigenvalue weighted by molar-refractivity contribution is 7.13. The second kappa shape index (κ2) is 5.41. The fraction of sp³-hybridized carbons (Fsp3) is 0.154. The highest BCUT2D eigenvalue weighted by Gasteiger charge is 2.11. The summed E-state index contributed by atoms with van der Waals surface area (Å²) >= 11 is 1.35. The van der Waals surface area contributed by atoms with Crippen molar-refractivity contribution >= 4 is 22.4 Å². The molecule has 1 amide bonds. The molecule has 0 atom stereocenters. The number of hydrogen-bond donors (Lipinski definition) is 1. The van der Waals surface area contributed by atoms with Gasteiger partial charge in [-0.2, -0.15) is 5.10 Å². The van der Waals surface area contributed by atoms with E-state index in [-0.39, 0.29) is 11.6 Å². The van der Waals surface area contributed by atoms with E-state index < -0.39 is 0 Å². The number of rotatable bonds is 3. The molecule has 0 aliphatic rings. The zero-order valence-corrected chi connectivity index (χ0v) is 12.3. The van der Waals surface area contributed by atoms with Gasteiger partial charge >= 0.3 is 0 Å². The number of thiazole rings is 1.